The van der Waals surface area contributed by atoms with E-state index in [9.17, 15) is 0 Å². The van der Waals surface area contributed by atoms with Crippen LogP contribution in [0.1, 0.15) is 71.1 Å². The molecule has 2 aliphatic heterocycles. The quantitative estimate of drug-likeness (QED) is 0.841. The van der Waals surface area contributed by atoms with E-state index in [0.717, 1.165) is 5.41 Å². The second kappa shape index (κ2) is 6.36. The molecule has 2 heteroatoms. The highest BCUT2D eigenvalue weighted by Gasteiger charge is 2.39. The summed E-state index contributed by atoms with van der Waals surface area (Å²) in [5.41, 5.74) is 1.37. The second-order valence-corrected chi connectivity index (χ2v) is 8.01. The Morgan fingerprint density at radius 3 is 2.30 bits per heavy atom. The Bertz CT molecular complexity index is 285. The van der Waals surface area contributed by atoms with Crippen LogP contribution < -0.4 is 5.32 Å². The molecule has 0 aromatic rings. The Morgan fingerprint density at radius 2 is 1.70 bits per heavy atom. The molecule has 1 unspecified atom stereocenters. The van der Waals surface area contributed by atoms with Gasteiger partial charge >= 0.3 is 0 Å². The van der Waals surface area contributed by atoms with E-state index in [0.29, 0.717) is 5.41 Å². The smallest absolute Gasteiger partial charge is 0.00502 e. The zero-order valence-electron chi connectivity index (χ0n) is 13.6. The average Bonchev–Trinajstić information content (AvgIpc) is 2.92. The minimum Gasteiger partial charge on any atom is -0.316 e. The maximum absolute atomic E-state index is 3.67. The molecular formula is C18H34N2. The third-order valence-corrected chi connectivity index (χ3v) is 6.48. The van der Waals surface area contributed by atoms with Gasteiger partial charge in [0.15, 0.2) is 0 Å². The molecule has 1 N–H and O–H groups in total. The topological polar surface area (TPSA) is 15.3 Å². The molecule has 2 saturated heterocycles. The summed E-state index contributed by atoms with van der Waals surface area (Å²) < 4.78 is 0. The van der Waals surface area contributed by atoms with Gasteiger partial charge in [0.2, 0.25) is 0 Å². The highest BCUT2D eigenvalue weighted by atomic mass is 15.1. The number of likely N-dealkylation sites (tertiary alicyclic amines) is 1. The molecule has 3 fully saturated rings. The van der Waals surface area contributed by atoms with E-state index >= 15 is 0 Å². The van der Waals surface area contributed by atoms with Crippen molar-refractivity contribution in [1.29, 1.82) is 0 Å². The summed E-state index contributed by atoms with van der Waals surface area (Å²) in [5, 5.41) is 3.67. The zero-order chi connectivity index (χ0) is 13.9. The molecule has 1 atom stereocenters. The van der Waals surface area contributed by atoms with Crippen molar-refractivity contribution in [2.45, 2.75) is 71.1 Å². The van der Waals surface area contributed by atoms with Crippen LogP contribution in [0, 0.1) is 10.8 Å². The fourth-order valence-corrected chi connectivity index (χ4v) is 5.27. The molecule has 3 aliphatic rings. The van der Waals surface area contributed by atoms with Gasteiger partial charge < -0.3 is 10.2 Å². The van der Waals surface area contributed by atoms with Crippen LogP contribution in [-0.2, 0) is 0 Å². The van der Waals surface area contributed by atoms with Gasteiger partial charge in [-0.2, -0.15) is 0 Å². The molecule has 116 valence electrons. The molecule has 0 aromatic carbocycles. The van der Waals surface area contributed by atoms with Crippen molar-refractivity contribution in [3.63, 3.8) is 0 Å². The Morgan fingerprint density at radius 1 is 0.950 bits per heavy atom. The predicted molar refractivity (Wildman–Crippen MR) is 86.0 cm³/mol. The lowest BCUT2D eigenvalue weighted by atomic mass is 9.74. The van der Waals surface area contributed by atoms with Crippen molar-refractivity contribution >= 4 is 0 Å². The maximum atomic E-state index is 3.67. The van der Waals surface area contributed by atoms with Gasteiger partial charge in [-0.3, -0.25) is 0 Å². The first-order valence-corrected chi connectivity index (χ1v) is 9.19. The fourth-order valence-electron chi connectivity index (χ4n) is 5.27. The monoisotopic (exact) mass is 278 g/mol. The number of rotatable bonds is 4. The fraction of sp³-hybridized carbons (Fsp3) is 1.00. The van der Waals surface area contributed by atoms with E-state index in [1.807, 2.05) is 0 Å². The van der Waals surface area contributed by atoms with Crippen LogP contribution in [0.5, 0.6) is 0 Å². The molecule has 0 radical (unpaired) electrons. The lowest BCUT2D eigenvalue weighted by Gasteiger charge is -2.46. The Balaban J connectivity index is 1.54. The van der Waals surface area contributed by atoms with Crippen molar-refractivity contribution in [3.8, 4) is 0 Å². The normalized spacial score (nSPS) is 34.6. The number of nitrogens with one attached hydrogen (secondary N) is 1. The number of nitrogens with zero attached hydrogens (tertiary/aromatic N) is 1. The van der Waals surface area contributed by atoms with E-state index in [1.54, 1.807) is 0 Å². The van der Waals surface area contributed by atoms with Crippen molar-refractivity contribution in [2.24, 2.45) is 10.8 Å². The standard InChI is InChI=1S/C18H34N2/c1-2-6-18(9-5-12-19-15-18)16-20-13-10-17(11-14-20)7-3-4-8-17/h19H,2-16H2,1H3. The van der Waals surface area contributed by atoms with Gasteiger partial charge in [0.1, 0.15) is 0 Å². The molecule has 2 heterocycles. The highest BCUT2D eigenvalue weighted by Crippen LogP contribution is 2.46. The van der Waals surface area contributed by atoms with Gasteiger partial charge in [-0.15, -0.1) is 0 Å². The van der Waals surface area contributed by atoms with Gasteiger partial charge in [-0.05, 0) is 75.4 Å². The summed E-state index contributed by atoms with van der Waals surface area (Å²) in [6, 6.07) is 0. The molecule has 3 rings (SSSR count). The van der Waals surface area contributed by atoms with Crippen molar-refractivity contribution < 1.29 is 0 Å². The first kappa shape index (κ1) is 14.8. The number of piperidine rings is 2. The van der Waals surface area contributed by atoms with Crippen LogP contribution in [0.2, 0.25) is 0 Å². The van der Waals surface area contributed by atoms with Gasteiger partial charge in [0, 0.05) is 13.1 Å². The second-order valence-electron chi connectivity index (χ2n) is 8.01. The molecule has 1 spiro atoms. The van der Waals surface area contributed by atoms with Gasteiger partial charge in [0.25, 0.3) is 0 Å². The SMILES string of the molecule is CCCC1(CN2CCC3(CCCC3)CC2)CCCNC1. The summed E-state index contributed by atoms with van der Waals surface area (Å²) in [4.78, 5) is 2.81. The van der Waals surface area contributed by atoms with E-state index in [1.165, 1.54) is 96.9 Å². The molecule has 2 nitrogen and oxygen atoms in total. The summed E-state index contributed by atoms with van der Waals surface area (Å²) in [7, 11) is 0. The van der Waals surface area contributed by atoms with Crippen molar-refractivity contribution in [3.05, 3.63) is 0 Å². The minimum atomic E-state index is 0.590. The van der Waals surface area contributed by atoms with Gasteiger partial charge in [0.05, 0.1) is 0 Å². The molecule has 1 saturated carbocycles. The lowest BCUT2D eigenvalue weighted by Crippen LogP contribution is -2.50. The molecule has 20 heavy (non-hydrogen) atoms. The van der Waals surface area contributed by atoms with E-state index in [4.69, 9.17) is 0 Å². The van der Waals surface area contributed by atoms with E-state index in [2.05, 4.69) is 17.1 Å². The maximum Gasteiger partial charge on any atom is 0.00502 e. The highest BCUT2D eigenvalue weighted by molar-refractivity contribution is 4.93. The number of hydrogen-bond acceptors (Lipinski definition) is 2. The summed E-state index contributed by atoms with van der Waals surface area (Å²) in [6.07, 6.45) is 14.7. The molecule has 0 amide bonds. The summed E-state index contributed by atoms with van der Waals surface area (Å²) in [5.74, 6) is 0. The lowest BCUT2D eigenvalue weighted by molar-refractivity contribution is 0.0513. The van der Waals surface area contributed by atoms with E-state index < -0.39 is 0 Å². The summed E-state index contributed by atoms with van der Waals surface area (Å²) >= 11 is 0. The third kappa shape index (κ3) is 3.22. The van der Waals surface area contributed by atoms with Gasteiger partial charge in [-0.25, -0.2) is 0 Å². The summed E-state index contributed by atoms with van der Waals surface area (Å²) in [6.45, 7) is 9.00. The van der Waals surface area contributed by atoms with Crippen LogP contribution in [-0.4, -0.2) is 37.6 Å². The van der Waals surface area contributed by atoms with Crippen LogP contribution >= 0.6 is 0 Å². The Labute approximate surface area is 125 Å². The molecular weight excluding hydrogens is 244 g/mol. The first-order chi connectivity index (χ1) is 9.76. The van der Waals surface area contributed by atoms with Crippen LogP contribution in [0.25, 0.3) is 0 Å². The molecule has 1 aliphatic carbocycles. The average molecular weight is 278 g/mol. The van der Waals surface area contributed by atoms with Crippen molar-refractivity contribution in [2.75, 3.05) is 32.7 Å². The Hall–Kier alpha value is -0.0800. The Kier molecular flexibility index (Phi) is 4.72. The van der Waals surface area contributed by atoms with Gasteiger partial charge in [-0.1, -0.05) is 26.2 Å². The third-order valence-electron chi connectivity index (χ3n) is 6.48. The number of hydrogen-bond donors (Lipinski definition) is 1. The molecule has 0 bridgehead atoms. The van der Waals surface area contributed by atoms with Crippen molar-refractivity contribution in [1.82, 2.24) is 10.2 Å². The first-order valence-electron chi connectivity index (χ1n) is 9.19. The van der Waals surface area contributed by atoms with Crippen LogP contribution in [0.4, 0.5) is 0 Å². The predicted octanol–water partition coefficient (Wildman–Crippen LogP) is 3.81. The van der Waals surface area contributed by atoms with Crippen LogP contribution in [0.15, 0.2) is 0 Å². The minimum absolute atomic E-state index is 0.590. The largest absolute Gasteiger partial charge is 0.316 e. The van der Waals surface area contributed by atoms with E-state index in [-0.39, 0.29) is 0 Å². The molecule has 0 aromatic heterocycles. The zero-order valence-corrected chi connectivity index (χ0v) is 13.6. The van der Waals surface area contributed by atoms with Crippen LogP contribution in [0.3, 0.4) is 0 Å².